The fraction of sp³-hybridized carbons (Fsp3) is 0.391. The highest BCUT2D eigenvalue weighted by Crippen LogP contribution is 2.33. The fourth-order valence-electron chi connectivity index (χ4n) is 3.54. The van der Waals surface area contributed by atoms with Gasteiger partial charge in [-0.25, -0.2) is 4.98 Å². The Morgan fingerprint density at radius 1 is 1.13 bits per heavy atom. The largest absolute Gasteiger partial charge is 0.494 e. The number of halogens is 1. The summed E-state index contributed by atoms with van der Waals surface area (Å²) in [6.45, 7) is 7.77. The van der Waals surface area contributed by atoms with Gasteiger partial charge in [-0.05, 0) is 55.3 Å². The Kier molecular flexibility index (Phi) is 6.44. The highest BCUT2D eigenvalue weighted by Gasteiger charge is 2.24. The van der Waals surface area contributed by atoms with E-state index in [-0.39, 0.29) is 5.91 Å². The normalized spacial score (nSPS) is 14.4. The molecule has 0 aliphatic carbocycles. The molecule has 1 aromatic heterocycles. The van der Waals surface area contributed by atoms with Crippen LogP contribution in [0.1, 0.15) is 35.7 Å². The number of aromatic nitrogens is 1. The van der Waals surface area contributed by atoms with Crippen molar-refractivity contribution in [3.63, 3.8) is 0 Å². The van der Waals surface area contributed by atoms with Gasteiger partial charge in [0.2, 0.25) is 0 Å². The number of ether oxygens (including phenoxy) is 1. The topological polar surface area (TPSA) is 45.7 Å². The Morgan fingerprint density at radius 3 is 2.57 bits per heavy atom. The maximum atomic E-state index is 12.9. The number of fused-ring (bicyclic) bond motifs is 1. The molecule has 0 saturated carbocycles. The first-order chi connectivity index (χ1) is 14.6. The van der Waals surface area contributed by atoms with Crippen LogP contribution in [0, 0.1) is 6.92 Å². The lowest BCUT2D eigenvalue weighted by molar-refractivity contribution is 0.0746. The Labute approximate surface area is 186 Å². The molecular formula is C23H26ClN3O2S. The van der Waals surface area contributed by atoms with Crippen LogP contribution in [-0.4, -0.2) is 48.6 Å². The SMILES string of the molecule is CCCCOc1ccc(C(=O)N2CCN(c3nc4c(C)c(Cl)ccc4s3)CC2)cc1. The van der Waals surface area contributed by atoms with Gasteiger partial charge in [0.05, 0.1) is 16.8 Å². The smallest absolute Gasteiger partial charge is 0.253 e. The molecule has 2 aromatic carbocycles. The number of amides is 1. The Bertz CT molecular complexity index is 1030. The summed E-state index contributed by atoms with van der Waals surface area (Å²) >= 11 is 7.92. The number of nitrogens with zero attached hydrogens (tertiary/aromatic N) is 3. The van der Waals surface area contributed by atoms with Crippen LogP contribution in [0.15, 0.2) is 36.4 Å². The predicted octanol–water partition coefficient (Wildman–Crippen LogP) is 5.40. The van der Waals surface area contributed by atoms with E-state index in [1.54, 1.807) is 11.3 Å². The quantitative estimate of drug-likeness (QED) is 0.478. The number of carbonyl (C=O) groups excluding carboxylic acids is 1. The molecule has 4 rings (SSSR count). The lowest BCUT2D eigenvalue weighted by atomic mass is 10.1. The molecule has 7 heteroatoms. The molecule has 3 aromatic rings. The first-order valence-electron chi connectivity index (χ1n) is 10.4. The van der Waals surface area contributed by atoms with Gasteiger partial charge in [0.25, 0.3) is 5.91 Å². The van der Waals surface area contributed by atoms with Crippen molar-refractivity contribution in [3.05, 3.63) is 52.5 Å². The van der Waals surface area contributed by atoms with Crippen molar-refractivity contribution in [1.82, 2.24) is 9.88 Å². The predicted molar refractivity (Wildman–Crippen MR) is 124 cm³/mol. The lowest BCUT2D eigenvalue weighted by Gasteiger charge is -2.34. The molecule has 5 nitrogen and oxygen atoms in total. The van der Waals surface area contributed by atoms with Crippen LogP contribution >= 0.6 is 22.9 Å². The van der Waals surface area contributed by atoms with Gasteiger partial charge in [-0.2, -0.15) is 0 Å². The van der Waals surface area contributed by atoms with E-state index in [0.29, 0.717) is 25.3 Å². The molecule has 0 atom stereocenters. The molecule has 0 N–H and O–H groups in total. The Balaban J connectivity index is 1.37. The van der Waals surface area contributed by atoms with E-state index in [4.69, 9.17) is 21.3 Å². The third-order valence-electron chi connectivity index (χ3n) is 5.44. The van der Waals surface area contributed by atoms with Crippen molar-refractivity contribution in [1.29, 1.82) is 0 Å². The summed E-state index contributed by atoms with van der Waals surface area (Å²) in [7, 11) is 0. The van der Waals surface area contributed by atoms with E-state index in [1.165, 1.54) is 0 Å². The minimum Gasteiger partial charge on any atom is -0.494 e. The average Bonchev–Trinajstić information content (AvgIpc) is 3.22. The summed E-state index contributed by atoms with van der Waals surface area (Å²) in [5, 5.41) is 1.74. The summed E-state index contributed by atoms with van der Waals surface area (Å²) in [6, 6.07) is 11.4. The Hall–Kier alpha value is -2.31. The van der Waals surface area contributed by atoms with Crippen molar-refractivity contribution in [3.8, 4) is 5.75 Å². The van der Waals surface area contributed by atoms with E-state index in [9.17, 15) is 4.79 Å². The van der Waals surface area contributed by atoms with Gasteiger partial charge >= 0.3 is 0 Å². The van der Waals surface area contributed by atoms with Crippen LogP contribution in [0.3, 0.4) is 0 Å². The molecule has 0 unspecified atom stereocenters. The average molecular weight is 444 g/mol. The molecule has 1 saturated heterocycles. The van der Waals surface area contributed by atoms with Gasteiger partial charge < -0.3 is 14.5 Å². The molecule has 0 bridgehead atoms. The Morgan fingerprint density at radius 2 is 1.87 bits per heavy atom. The van der Waals surface area contributed by atoms with Gasteiger partial charge in [-0.15, -0.1) is 0 Å². The summed E-state index contributed by atoms with van der Waals surface area (Å²) in [5.41, 5.74) is 2.70. The molecule has 0 spiro atoms. The number of benzene rings is 2. The number of hydrogen-bond donors (Lipinski definition) is 0. The second-order valence-electron chi connectivity index (χ2n) is 7.52. The summed E-state index contributed by atoms with van der Waals surface area (Å²) in [5.74, 6) is 0.887. The third-order valence-corrected chi connectivity index (χ3v) is 6.93. The molecule has 30 heavy (non-hydrogen) atoms. The third kappa shape index (κ3) is 4.40. The van der Waals surface area contributed by atoms with Crippen LogP contribution in [-0.2, 0) is 0 Å². The monoisotopic (exact) mass is 443 g/mol. The number of carbonyl (C=O) groups is 1. The van der Waals surface area contributed by atoms with E-state index in [0.717, 1.165) is 57.6 Å². The van der Waals surface area contributed by atoms with Crippen LogP contribution in [0.4, 0.5) is 5.13 Å². The zero-order valence-corrected chi connectivity index (χ0v) is 18.9. The minimum absolute atomic E-state index is 0.0710. The van der Waals surface area contributed by atoms with E-state index < -0.39 is 0 Å². The maximum Gasteiger partial charge on any atom is 0.253 e. The highest BCUT2D eigenvalue weighted by atomic mass is 35.5. The highest BCUT2D eigenvalue weighted by molar-refractivity contribution is 7.22. The molecule has 1 fully saturated rings. The summed E-state index contributed by atoms with van der Waals surface area (Å²) < 4.78 is 6.83. The number of piperazine rings is 1. The number of hydrogen-bond acceptors (Lipinski definition) is 5. The van der Waals surface area contributed by atoms with Gasteiger partial charge in [-0.1, -0.05) is 36.3 Å². The molecule has 1 amide bonds. The van der Waals surface area contributed by atoms with Crippen molar-refractivity contribution >= 4 is 44.2 Å². The van der Waals surface area contributed by atoms with Crippen LogP contribution < -0.4 is 9.64 Å². The lowest BCUT2D eigenvalue weighted by Crippen LogP contribution is -2.48. The molecule has 1 aliphatic rings. The van der Waals surface area contributed by atoms with Crippen molar-refractivity contribution in [2.75, 3.05) is 37.7 Å². The molecule has 1 aliphatic heterocycles. The second kappa shape index (κ2) is 9.23. The first kappa shape index (κ1) is 20.9. The molecular weight excluding hydrogens is 418 g/mol. The number of unbranched alkanes of at least 4 members (excludes halogenated alkanes) is 1. The number of thiazole rings is 1. The van der Waals surface area contributed by atoms with E-state index in [2.05, 4.69) is 11.8 Å². The van der Waals surface area contributed by atoms with Crippen LogP contribution in [0.5, 0.6) is 5.75 Å². The zero-order chi connectivity index (χ0) is 21.1. The van der Waals surface area contributed by atoms with Crippen LogP contribution in [0.25, 0.3) is 10.2 Å². The summed E-state index contributed by atoms with van der Waals surface area (Å²) in [4.78, 5) is 21.9. The number of rotatable bonds is 6. The molecule has 2 heterocycles. The van der Waals surface area contributed by atoms with E-state index in [1.807, 2.05) is 48.2 Å². The van der Waals surface area contributed by atoms with Crippen molar-refractivity contribution in [2.45, 2.75) is 26.7 Å². The summed E-state index contributed by atoms with van der Waals surface area (Å²) in [6.07, 6.45) is 2.14. The maximum absolute atomic E-state index is 12.9. The van der Waals surface area contributed by atoms with Gasteiger partial charge in [0.15, 0.2) is 5.13 Å². The standard InChI is InChI=1S/C23H26ClN3O2S/c1-3-4-15-29-18-7-5-17(6-8-18)22(28)26-11-13-27(14-12-26)23-25-21-16(2)19(24)9-10-20(21)30-23/h5-10H,3-4,11-15H2,1-2H3. The van der Waals surface area contributed by atoms with E-state index >= 15 is 0 Å². The van der Waals surface area contributed by atoms with Gasteiger partial charge in [0.1, 0.15) is 5.75 Å². The fourth-order valence-corrected chi connectivity index (χ4v) is 4.76. The number of aryl methyl sites for hydroxylation is 1. The molecule has 158 valence electrons. The second-order valence-corrected chi connectivity index (χ2v) is 8.94. The minimum atomic E-state index is 0.0710. The van der Waals surface area contributed by atoms with Gasteiger partial charge in [0, 0.05) is 36.8 Å². The zero-order valence-electron chi connectivity index (χ0n) is 17.4. The van der Waals surface area contributed by atoms with Gasteiger partial charge in [-0.3, -0.25) is 4.79 Å². The van der Waals surface area contributed by atoms with Crippen molar-refractivity contribution < 1.29 is 9.53 Å². The number of anilines is 1. The van der Waals surface area contributed by atoms with Crippen molar-refractivity contribution in [2.24, 2.45) is 0 Å². The molecule has 0 radical (unpaired) electrons. The van der Waals surface area contributed by atoms with Crippen LogP contribution in [0.2, 0.25) is 5.02 Å². The first-order valence-corrected chi connectivity index (χ1v) is 11.6.